The average molecular weight is 551 g/mol. The highest BCUT2D eigenvalue weighted by Gasteiger charge is 2.23. The van der Waals surface area contributed by atoms with Gasteiger partial charge >= 0.3 is 0 Å². The maximum atomic E-state index is 6.60. The lowest BCUT2D eigenvalue weighted by molar-refractivity contribution is 0.341. The molecule has 10 heteroatoms. The number of imidazole rings is 1. The molecular weight excluding hydrogens is 525 g/mol. The Morgan fingerprint density at radius 1 is 1.03 bits per heavy atom. The van der Waals surface area contributed by atoms with Gasteiger partial charge < -0.3 is 15.2 Å². The second-order valence-electron chi connectivity index (χ2n) is 9.09. The average Bonchev–Trinajstić information content (AvgIpc) is 3.54. The lowest BCUT2D eigenvalue weighted by Gasteiger charge is -2.24. The SMILES string of the molecule is Clc1cccc(Cl)c1-c1nc2cnc(NCc3ccc(-c4ccccn4)s3)nc2n1C[C@@H]1CCCNC1. The second kappa shape index (κ2) is 10.8. The molecule has 7 nitrogen and oxygen atoms in total. The maximum Gasteiger partial charge on any atom is 0.225 e. The summed E-state index contributed by atoms with van der Waals surface area (Å²) < 4.78 is 2.15. The van der Waals surface area contributed by atoms with Crippen LogP contribution in [0.15, 0.2) is 60.9 Å². The minimum absolute atomic E-state index is 0.466. The van der Waals surface area contributed by atoms with Gasteiger partial charge in [-0.15, -0.1) is 11.3 Å². The van der Waals surface area contributed by atoms with Crippen LogP contribution in [0.1, 0.15) is 17.7 Å². The van der Waals surface area contributed by atoms with Crippen molar-refractivity contribution in [2.24, 2.45) is 5.92 Å². The molecule has 0 radical (unpaired) electrons. The standard InChI is InChI=1S/C27H25Cl2N7S/c28-19-6-3-7-20(29)24(19)26-34-22-15-33-27(35-25(22)36(26)16-17-5-4-11-30-13-17)32-14-18-9-10-23(37-18)21-8-1-2-12-31-21/h1-3,6-10,12,15,17,30H,4-5,11,13-14,16H2,(H,32,33,35)/t17-/m1/s1. The maximum absolute atomic E-state index is 6.60. The van der Waals surface area contributed by atoms with Gasteiger partial charge in [0.1, 0.15) is 11.3 Å². The molecule has 0 bridgehead atoms. The van der Waals surface area contributed by atoms with Crippen molar-refractivity contribution >= 4 is 51.7 Å². The Kier molecular flexibility index (Phi) is 7.06. The number of fused-ring (bicyclic) bond motifs is 1. The van der Waals surface area contributed by atoms with Crippen LogP contribution in [-0.4, -0.2) is 37.6 Å². The Balaban J connectivity index is 1.31. The summed E-state index contributed by atoms with van der Waals surface area (Å²) in [6.45, 7) is 3.41. The molecule has 1 saturated heterocycles. The number of hydrogen-bond acceptors (Lipinski definition) is 7. The first-order valence-corrected chi connectivity index (χ1v) is 13.9. The van der Waals surface area contributed by atoms with E-state index in [1.807, 2.05) is 42.6 Å². The Morgan fingerprint density at radius 2 is 1.92 bits per heavy atom. The number of piperidine rings is 1. The van der Waals surface area contributed by atoms with Crippen molar-refractivity contribution in [2.75, 3.05) is 18.4 Å². The summed E-state index contributed by atoms with van der Waals surface area (Å²) in [5, 5.41) is 8.03. The predicted molar refractivity (Wildman–Crippen MR) is 151 cm³/mol. The Morgan fingerprint density at radius 3 is 2.70 bits per heavy atom. The number of halogens is 2. The van der Waals surface area contributed by atoms with E-state index in [1.165, 1.54) is 4.88 Å². The minimum atomic E-state index is 0.466. The van der Waals surface area contributed by atoms with Crippen molar-refractivity contribution in [3.05, 3.63) is 75.8 Å². The van der Waals surface area contributed by atoms with E-state index >= 15 is 0 Å². The van der Waals surface area contributed by atoms with E-state index in [2.05, 4.69) is 37.3 Å². The monoisotopic (exact) mass is 549 g/mol. The number of anilines is 1. The third-order valence-electron chi connectivity index (χ3n) is 6.51. The molecule has 1 aliphatic rings. The molecule has 1 aliphatic heterocycles. The molecule has 0 aliphatic carbocycles. The highest BCUT2D eigenvalue weighted by molar-refractivity contribution is 7.15. The molecule has 0 saturated carbocycles. The van der Waals surface area contributed by atoms with Crippen LogP contribution in [0.25, 0.3) is 33.1 Å². The van der Waals surface area contributed by atoms with Gasteiger partial charge in [0.05, 0.1) is 38.9 Å². The Hall–Kier alpha value is -3.04. The zero-order valence-electron chi connectivity index (χ0n) is 20.0. The van der Waals surface area contributed by atoms with E-state index in [0.29, 0.717) is 34.0 Å². The fourth-order valence-electron chi connectivity index (χ4n) is 4.70. The zero-order valence-corrected chi connectivity index (χ0v) is 22.3. The van der Waals surface area contributed by atoms with Gasteiger partial charge in [0.15, 0.2) is 5.65 Å². The van der Waals surface area contributed by atoms with Crippen LogP contribution in [0.2, 0.25) is 10.0 Å². The van der Waals surface area contributed by atoms with E-state index in [4.69, 9.17) is 33.2 Å². The molecule has 188 valence electrons. The molecule has 1 aromatic carbocycles. The molecule has 0 unspecified atom stereocenters. The van der Waals surface area contributed by atoms with Gasteiger partial charge in [0.2, 0.25) is 5.95 Å². The molecule has 5 heterocycles. The quantitative estimate of drug-likeness (QED) is 0.240. The largest absolute Gasteiger partial charge is 0.349 e. The first-order chi connectivity index (χ1) is 18.2. The number of nitrogens with zero attached hydrogens (tertiary/aromatic N) is 5. The lowest BCUT2D eigenvalue weighted by atomic mass is 9.99. The minimum Gasteiger partial charge on any atom is -0.349 e. The van der Waals surface area contributed by atoms with Crippen molar-refractivity contribution in [1.82, 2.24) is 29.8 Å². The van der Waals surface area contributed by atoms with Crippen LogP contribution in [0, 0.1) is 5.92 Å². The highest BCUT2D eigenvalue weighted by atomic mass is 35.5. The van der Waals surface area contributed by atoms with Crippen LogP contribution in [0.5, 0.6) is 0 Å². The van der Waals surface area contributed by atoms with Crippen LogP contribution >= 0.6 is 34.5 Å². The van der Waals surface area contributed by atoms with E-state index in [1.54, 1.807) is 17.5 Å². The molecule has 0 spiro atoms. The van der Waals surface area contributed by atoms with Crippen LogP contribution in [0.3, 0.4) is 0 Å². The number of pyridine rings is 1. The number of rotatable bonds is 7. The van der Waals surface area contributed by atoms with Crippen molar-refractivity contribution in [2.45, 2.75) is 25.9 Å². The van der Waals surface area contributed by atoms with E-state index < -0.39 is 0 Å². The smallest absolute Gasteiger partial charge is 0.225 e. The number of nitrogens with one attached hydrogen (secondary N) is 2. The third-order valence-corrected chi connectivity index (χ3v) is 8.25. The summed E-state index contributed by atoms with van der Waals surface area (Å²) in [5.41, 5.74) is 3.19. The van der Waals surface area contributed by atoms with Gasteiger partial charge in [-0.05, 0) is 68.2 Å². The Bertz CT molecular complexity index is 1510. The van der Waals surface area contributed by atoms with E-state index in [-0.39, 0.29) is 0 Å². The summed E-state index contributed by atoms with van der Waals surface area (Å²) in [4.78, 5) is 21.1. The van der Waals surface area contributed by atoms with Crippen LogP contribution in [-0.2, 0) is 13.1 Å². The number of thiophene rings is 1. The van der Waals surface area contributed by atoms with Gasteiger partial charge in [-0.1, -0.05) is 35.3 Å². The third kappa shape index (κ3) is 5.20. The Labute approximate surface area is 228 Å². The summed E-state index contributed by atoms with van der Waals surface area (Å²) in [5.74, 6) is 1.74. The molecule has 1 fully saturated rings. The van der Waals surface area contributed by atoms with Crippen LogP contribution < -0.4 is 10.6 Å². The van der Waals surface area contributed by atoms with Gasteiger partial charge in [-0.25, -0.2) is 9.97 Å². The second-order valence-corrected chi connectivity index (χ2v) is 11.1. The number of hydrogen-bond donors (Lipinski definition) is 2. The van der Waals surface area contributed by atoms with Gasteiger partial charge in [0, 0.05) is 17.6 Å². The summed E-state index contributed by atoms with van der Waals surface area (Å²) in [6.07, 6.45) is 5.88. The molecule has 5 aromatic rings. The molecule has 2 N–H and O–H groups in total. The fourth-order valence-corrected chi connectivity index (χ4v) is 6.19. The molecule has 6 rings (SSSR count). The predicted octanol–water partition coefficient (Wildman–Crippen LogP) is 6.54. The summed E-state index contributed by atoms with van der Waals surface area (Å²) >= 11 is 14.9. The highest BCUT2D eigenvalue weighted by Crippen LogP contribution is 2.36. The van der Waals surface area contributed by atoms with Gasteiger partial charge in [-0.2, -0.15) is 4.98 Å². The van der Waals surface area contributed by atoms with Gasteiger partial charge in [-0.3, -0.25) is 4.98 Å². The van der Waals surface area contributed by atoms with Gasteiger partial charge in [0.25, 0.3) is 0 Å². The molecule has 0 amide bonds. The van der Waals surface area contributed by atoms with Crippen molar-refractivity contribution in [3.8, 4) is 22.0 Å². The molecule has 4 aromatic heterocycles. The van der Waals surface area contributed by atoms with Crippen LogP contribution in [0.4, 0.5) is 5.95 Å². The number of aromatic nitrogens is 5. The number of benzene rings is 1. The van der Waals surface area contributed by atoms with Crippen molar-refractivity contribution in [1.29, 1.82) is 0 Å². The summed E-state index contributed by atoms with van der Waals surface area (Å²) in [7, 11) is 0. The van der Waals surface area contributed by atoms with Crippen molar-refractivity contribution in [3.63, 3.8) is 0 Å². The zero-order chi connectivity index (χ0) is 25.2. The van der Waals surface area contributed by atoms with E-state index in [9.17, 15) is 0 Å². The topological polar surface area (TPSA) is 80.6 Å². The molecule has 37 heavy (non-hydrogen) atoms. The fraction of sp³-hybridized carbons (Fsp3) is 0.259. The molecular formula is C27H25Cl2N7S. The lowest BCUT2D eigenvalue weighted by Crippen LogP contribution is -2.32. The first kappa shape index (κ1) is 24.3. The first-order valence-electron chi connectivity index (χ1n) is 12.3. The van der Waals surface area contributed by atoms with E-state index in [0.717, 1.165) is 60.1 Å². The molecule has 1 atom stereocenters. The van der Waals surface area contributed by atoms with Crippen molar-refractivity contribution < 1.29 is 0 Å². The normalized spacial score (nSPS) is 15.8. The summed E-state index contributed by atoms with van der Waals surface area (Å²) in [6, 6.07) is 15.7.